The maximum atomic E-state index is 14.5. The quantitative estimate of drug-likeness (QED) is 0.712. The summed E-state index contributed by atoms with van der Waals surface area (Å²) < 4.78 is 14.5. The lowest BCUT2D eigenvalue weighted by Gasteiger charge is -2.29. The number of thiocarbonyl (C=S) groups is 1. The molecule has 1 amide bonds. The van der Waals surface area contributed by atoms with Crippen LogP contribution in [0, 0.1) is 12.7 Å². The highest BCUT2D eigenvalue weighted by molar-refractivity contribution is 7.80. The Bertz CT molecular complexity index is 868. The van der Waals surface area contributed by atoms with E-state index < -0.39 is 0 Å². The van der Waals surface area contributed by atoms with Gasteiger partial charge in [-0.15, -0.1) is 0 Å². The van der Waals surface area contributed by atoms with Crippen molar-refractivity contribution in [3.05, 3.63) is 58.4 Å². The monoisotopic (exact) mass is 405 g/mol. The number of carbonyl (C=O) groups excluding carboxylic acids is 1. The van der Waals surface area contributed by atoms with Gasteiger partial charge < -0.3 is 10.2 Å². The molecule has 27 heavy (non-hydrogen) atoms. The van der Waals surface area contributed by atoms with Crippen LogP contribution < -0.4 is 15.5 Å². The first-order valence-corrected chi connectivity index (χ1v) is 9.65. The van der Waals surface area contributed by atoms with Crippen molar-refractivity contribution in [2.75, 3.05) is 23.3 Å². The molecule has 0 aromatic heterocycles. The number of nitrogens with one attached hydrogen (secondary N) is 2. The summed E-state index contributed by atoms with van der Waals surface area (Å²) in [5.74, 6) is -0.679. The number of amides is 1. The van der Waals surface area contributed by atoms with Crippen LogP contribution in [0.25, 0.3) is 0 Å². The van der Waals surface area contributed by atoms with Crippen molar-refractivity contribution in [3.63, 3.8) is 0 Å². The van der Waals surface area contributed by atoms with Crippen LogP contribution in [0.15, 0.2) is 36.4 Å². The van der Waals surface area contributed by atoms with Crippen molar-refractivity contribution >= 4 is 46.2 Å². The summed E-state index contributed by atoms with van der Waals surface area (Å²) in [5, 5.41) is 6.04. The van der Waals surface area contributed by atoms with Crippen molar-refractivity contribution in [2.45, 2.75) is 26.2 Å². The molecule has 7 heteroatoms. The Hall–Kier alpha value is -2.18. The summed E-state index contributed by atoms with van der Waals surface area (Å²) in [6, 6.07) is 9.92. The Morgan fingerprint density at radius 2 is 1.89 bits per heavy atom. The molecule has 0 atom stereocenters. The van der Waals surface area contributed by atoms with Crippen LogP contribution in [0.2, 0.25) is 5.02 Å². The number of piperidine rings is 1. The Labute approximate surface area is 168 Å². The largest absolute Gasteiger partial charge is 0.369 e. The molecule has 1 fully saturated rings. The van der Waals surface area contributed by atoms with Crippen molar-refractivity contribution in [2.24, 2.45) is 0 Å². The average Bonchev–Trinajstić information content (AvgIpc) is 2.64. The number of hydrogen-bond acceptors (Lipinski definition) is 3. The van der Waals surface area contributed by atoms with E-state index in [4.69, 9.17) is 23.8 Å². The Balaban J connectivity index is 1.62. The molecule has 1 heterocycles. The highest BCUT2D eigenvalue weighted by atomic mass is 35.5. The van der Waals surface area contributed by atoms with Crippen LogP contribution in [0.5, 0.6) is 0 Å². The van der Waals surface area contributed by atoms with E-state index in [1.54, 1.807) is 30.3 Å². The average molecular weight is 406 g/mol. The van der Waals surface area contributed by atoms with Gasteiger partial charge in [0.15, 0.2) is 5.11 Å². The molecule has 0 unspecified atom stereocenters. The molecule has 1 aliphatic rings. The number of hydrogen-bond donors (Lipinski definition) is 2. The lowest BCUT2D eigenvalue weighted by atomic mass is 10.1. The van der Waals surface area contributed by atoms with Crippen molar-refractivity contribution < 1.29 is 9.18 Å². The molecule has 0 saturated carbocycles. The van der Waals surface area contributed by atoms with Gasteiger partial charge in [0.2, 0.25) is 0 Å². The van der Waals surface area contributed by atoms with Gasteiger partial charge in [0.1, 0.15) is 5.82 Å². The molecule has 2 aromatic carbocycles. The molecule has 3 rings (SSSR count). The van der Waals surface area contributed by atoms with Gasteiger partial charge in [-0.3, -0.25) is 10.1 Å². The van der Waals surface area contributed by atoms with E-state index in [0.29, 0.717) is 22.0 Å². The Morgan fingerprint density at radius 1 is 1.15 bits per heavy atom. The second-order valence-corrected chi connectivity index (χ2v) is 7.40. The Kier molecular flexibility index (Phi) is 6.29. The summed E-state index contributed by atoms with van der Waals surface area (Å²) in [6.07, 6.45) is 3.36. The van der Waals surface area contributed by atoms with Gasteiger partial charge in [-0.1, -0.05) is 17.7 Å². The SMILES string of the molecule is Cc1ccc(C(=O)NC(=S)Nc2ccc(N3CCCCC3)c(F)c2)cc1Cl. The molecule has 1 saturated heterocycles. The van der Waals surface area contributed by atoms with E-state index >= 15 is 0 Å². The summed E-state index contributed by atoms with van der Waals surface area (Å²) in [4.78, 5) is 14.3. The first kappa shape index (κ1) is 19.6. The molecule has 0 aliphatic carbocycles. The maximum Gasteiger partial charge on any atom is 0.257 e. The summed E-state index contributed by atoms with van der Waals surface area (Å²) in [7, 11) is 0. The van der Waals surface area contributed by atoms with Crippen LogP contribution in [0.4, 0.5) is 15.8 Å². The molecule has 2 N–H and O–H groups in total. The predicted molar refractivity (Wildman–Crippen MR) is 112 cm³/mol. The first-order chi connectivity index (χ1) is 12.9. The van der Waals surface area contributed by atoms with E-state index in [2.05, 4.69) is 15.5 Å². The number of rotatable bonds is 3. The summed E-state index contributed by atoms with van der Waals surface area (Å²) in [6.45, 7) is 3.60. The third-order valence-corrected chi connectivity index (χ3v) is 5.17. The lowest BCUT2D eigenvalue weighted by Crippen LogP contribution is -2.34. The number of anilines is 2. The van der Waals surface area contributed by atoms with Crippen LogP contribution in [-0.4, -0.2) is 24.1 Å². The molecule has 142 valence electrons. The van der Waals surface area contributed by atoms with Crippen LogP contribution >= 0.6 is 23.8 Å². The molecular formula is C20H21ClFN3OS. The van der Waals surface area contributed by atoms with E-state index in [1.165, 1.54) is 12.5 Å². The topological polar surface area (TPSA) is 44.4 Å². The van der Waals surface area contributed by atoms with Crippen molar-refractivity contribution in [1.29, 1.82) is 0 Å². The van der Waals surface area contributed by atoms with Crippen LogP contribution in [0.1, 0.15) is 35.2 Å². The molecule has 0 spiro atoms. The predicted octanol–water partition coefficient (Wildman–Crippen LogP) is 4.90. The third kappa shape index (κ3) is 4.96. The minimum Gasteiger partial charge on any atom is -0.369 e. The highest BCUT2D eigenvalue weighted by Gasteiger charge is 2.15. The molecule has 0 radical (unpaired) electrons. The number of benzene rings is 2. The van der Waals surface area contributed by atoms with E-state index in [1.807, 2.05) is 6.92 Å². The number of nitrogens with zero attached hydrogens (tertiary/aromatic N) is 1. The first-order valence-electron chi connectivity index (χ1n) is 8.87. The van der Waals surface area contributed by atoms with Gasteiger partial charge in [0.05, 0.1) is 5.69 Å². The standard InChI is InChI=1S/C20H21ClFN3OS/c1-13-5-6-14(11-16(13)21)19(26)24-20(27)23-15-7-8-18(17(22)12-15)25-9-3-2-4-10-25/h5-8,11-12H,2-4,9-10H2,1H3,(H2,23,24,26,27). The Morgan fingerprint density at radius 3 is 2.56 bits per heavy atom. The second kappa shape index (κ2) is 8.67. The van der Waals surface area contributed by atoms with Gasteiger partial charge in [0, 0.05) is 29.4 Å². The minimum absolute atomic E-state index is 0.0989. The fourth-order valence-corrected chi connectivity index (χ4v) is 3.44. The number of aryl methyl sites for hydroxylation is 1. The van der Waals surface area contributed by atoms with Crippen molar-refractivity contribution in [3.8, 4) is 0 Å². The van der Waals surface area contributed by atoms with Crippen molar-refractivity contribution in [1.82, 2.24) is 5.32 Å². The fourth-order valence-electron chi connectivity index (χ4n) is 3.05. The minimum atomic E-state index is -0.375. The van der Waals surface area contributed by atoms with Gasteiger partial charge in [-0.25, -0.2) is 4.39 Å². The van der Waals surface area contributed by atoms with Gasteiger partial charge in [-0.2, -0.15) is 0 Å². The van der Waals surface area contributed by atoms with Crippen LogP contribution in [-0.2, 0) is 0 Å². The fraction of sp³-hybridized carbons (Fsp3) is 0.300. The lowest BCUT2D eigenvalue weighted by molar-refractivity contribution is 0.0977. The van der Waals surface area contributed by atoms with Gasteiger partial charge >= 0.3 is 0 Å². The molecule has 4 nitrogen and oxygen atoms in total. The normalized spacial score (nSPS) is 14.0. The van der Waals surface area contributed by atoms with E-state index in [-0.39, 0.29) is 16.8 Å². The zero-order valence-corrected chi connectivity index (χ0v) is 16.6. The van der Waals surface area contributed by atoms with E-state index in [0.717, 1.165) is 31.5 Å². The molecule has 0 bridgehead atoms. The third-order valence-electron chi connectivity index (χ3n) is 4.56. The number of carbonyl (C=O) groups is 1. The zero-order chi connectivity index (χ0) is 19.4. The van der Waals surface area contributed by atoms with Gasteiger partial charge in [0.25, 0.3) is 5.91 Å². The molecule has 2 aromatic rings. The number of halogens is 2. The smallest absolute Gasteiger partial charge is 0.257 e. The zero-order valence-electron chi connectivity index (χ0n) is 15.0. The second-order valence-electron chi connectivity index (χ2n) is 6.59. The van der Waals surface area contributed by atoms with Gasteiger partial charge in [-0.05, 0) is 74.3 Å². The summed E-state index contributed by atoms with van der Waals surface area (Å²) >= 11 is 11.2. The maximum absolute atomic E-state index is 14.5. The van der Waals surface area contributed by atoms with Crippen LogP contribution in [0.3, 0.4) is 0 Å². The highest BCUT2D eigenvalue weighted by Crippen LogP contribution is 2.25. The molecular weight excluding hydrogens is 385 g/mol. The van der Waals surface area contributed by atoms with E-state index in [9.17, 15) is 9.18 Å². The summed E-state index contributed by atoms with van der Waals surface area (Å²) in [5.41, 5.74) is 2.38. The molecule has 1 aliphatic heterocycles.